The van der Waals surface area contributed by atoms with Crippen molar-refractivity contribution in [2.24, 2.45) is 7.05 Å². The lowest BCUT2D eigenvalue weighted by atomic mass is 10.1. The molecule has 1 aliphatic heterocycles. The number of hydrogen-bond donors (Lipinski definition) is 2. The first-order valence-electron chi connectivity index (χ1n) is 8.39. The Balaban J connectivity index is 1.42. The largest absolute Gasteiger partial charge is 0.488 e. The minimum absolute atomic E-state index is 0.115. The second-order valence-corrected chi connectivity index (χ2v) is 6.26. The molecule has 0 saturated carbocycles. The van der Waals surface area contributed by atoms with E-state index in [1.54, 1.807) is 11.0 Å². The topological polar surface area (TPSA) is 81.1 Å². The fourth-order valence-electron chi connectivity index (χ4n) is 3.04. The molecule has 3 aromatic rings. The van der Waals surface area contributed by atoms with Gasteiger partial charge in [-0.3, -0.25) is 4.68 Å². The zero-order valence-corrected chi connectivity index (χ0v) is 14.5. The van der Waals surface area contributed by atoms with Gasteiger partial charge in [-0.1, -0.05) is 18.2 Å². The monoisotopic (exact) mass is 349 g/mol. The number of carbonyl (C=O) groups excluding carboxylic acids is 1. The third kappa shape index (κ3) is 3.11. The number of nitrogens with zero attached hydrogens (tertiary/aromatic N) is 3. The number of anilines is 1. The van der Waals surface area contributed by atoms with E-state index in [1.807, 2.05) is 62.5 Å². The summed E-state index contributed by atoms with van der Waals surface area (Å²) in [6.07, 6.45) is 1.54. The first-order chi connectivity index (χ1) is 12.6. The molecule has 26 heavy (non-hydrogen) atoms. The van der Waals surface area contributed by atoms with Crippen molar-refractivity contribution in [3.05, 3.63) is 60.4 Å². The number of para-hydroxylation sites is 1. The minimum atomic E-state index is -0.272. The molecule has 2 amide bonds. The number of benzene rings is 2. The van der Waals surface area contributed by atoms with Crippen molar-refractivity contribution in [3.63, 3.8) is 0 Å². The van der Waals surface area contributed by atoms with Gasteiger partial charge in [0, 0.05) is 23.9 Å². The number of nitrogens with one attached hydrogen (secondary N) is 2. The highest BCUT2D eigenvalue weighted by Gasteiger charge is 2.31. The maximum absolute atomic E-state index is 12.4. The van der Waals surface area contributed by atoms with E-state index in [9.17, 15) is 4.79 Å². The second-order valence-electron chi connectivity index (χ2n) is 6.26. The fourth-order valence-corrected chi connectivity index (χ4v) is 3.04. The van der Waals surface area contributed by atoms with Gasteiger partial charge in [-0.05, 0) is 37.3 Å². The number of aryl methyl sites for hydroxylation is 1. The summed E-state index contributed by atoms with van der Waals surface area (Å²) < 4.78 is 7.43. The predicted molar refractivity (Wildman–Crippen MR) is 97.9 cm³/mol. The van der Waals surface area contributed by atoms with Crippen LogP contribution in [0.4, 0.5) is 10.5 Å². The first kappa shape index (κ1) is 16.1. The Hall–Kier alpha value is -3.35. The molecule has 0 bridgehead atoms. The SMILES string of the molecule is CC1Oc2ccccc2C1NC(=O)Nc1ccc(-c2ncn(C)n2)cc1. The summed E-state index contributed by atoms with van der Waals surface area (Å²) in [4.78, 5) is 16.6. The van der Waals surface area contributed by atoms with Gasteiger partial charge in [0.25, 0.3) is 0 Å². The van der Waals surface area contributed by atoms with Crippen LogP contribution in [0.2, 0.25) is 0 Å². The number of ether oxygens (including phenoxy) is 1. The van der Waals surface area contributed by atoms with Crippen molar-refractivity contribution < 1.29 is 9.53 Å². The van der Waals surface area contributed by atoms with Crippen LogP contribution in [0.5, 0.6) is 5.75 Å². The normalized spacial score (nSPS) is 18.1. The van der Waals surface area contributed by atoms with Crippen LogP contribution >= 0.6 is 0 Å². The summed E-state index contributed by atoms with van der Waals surface area (Å²) in [6, 6.07) is 14.7. The van der Waals surface area contributed by atoms with Crippen LogP contribution in [0.1, 0.15) is 18.5 Å². The van der Waals surface area contributed by atoms with Gasteiger partial charge in [0.2, 0.25) is 0 Å². The number of amides is 2. The summed E-state index contributed by atoms with van der Waals surface area (Å²) in [5.41, 5.74) is 2.58. The van der Waals surface area contributed by atoms with E-state index in [-0.39, 0.29) is 18.2 Å². The lowest BCUT2D eigenvalue weighted by molar-refractivity contribution is 0.204. The third-order valence-corrected chi connectivity index (χ3v) is 4.32. The molecular formula is C19H19N5O2. The fraction of sp³-hybridized carbons (Fsp3) is 0.211. The van der Waals surface area contributed by atoms with E-state index in [2.05, 4.69) is 20.7 Å². The number of rotatable bonds is 3. The summed E-state index contributed by atoms with van der Waals surface area (Å²) in [5, 5.41) is 10.1. The molecular weight excluding hydrogens is 330 g/mol. The molecule has 7 heteroatoms. The lowest BCUT2D eigenvalue weighted by Crippen LogP contribution is -2.36. The second kappa shape index (κ2) is 6.51. The molecule has 0 fully saturated rings. The summed E-state index contributed by atoms with van der Waals surface area (Å²) in [5.74, 6) is 1.47. The van der Waals surface area contributed by atoms with Gasteiger partial charge in [0.1, 0.15) is 18.2 Å². The van der Waals surface area contributed by atoms with Crippen molar-refractivity contribution >= 4 is 11.7 Å². The van der Waals surface area contributed by atoms with Crippen LogP contribution in [0.25, 0.3) is 11.4 Å². The number of carbonyl (C=O) groups is 1. The molecule has 0 saturated heterocycles. The molecule has 2 unspecified atom stereocenters. The van der Waals surface area contributed by atoms with Crippen molar-refractivity contribution in [2.75, 3.05) is 5.32 Å². The molecule has 7 nitrogen and oxygen atoms in total. The van der Waals surface area contributed by atoms with E-state index in [4.69, 9.17) is 4.74 Å². The summed E-state index contributed by atoms with van der Waals surface area (Å²) >= 11 is 0. The van der Waals surface area contributed by atoms with E-state index < -0.39 is 0 Å². The van der Waals surface area contributed by atoms with Gasteiger partial charge in [-0.25, -0.2) is 9.78 Å². The van der Waals surface area contributed by atoms with Gasteiger partial charge < -0.3 is 15.4 Å². The zero-order valence-electron chi connectivity index (χ0n) is 14.5. The van der Waals surface area contributed by atoms with Gasteiger partial charge in [-0.15, -0.1) is 0 Å². The quantitative estimate of drug-likeness (QED) is 0.761. The minimum Gasteiger partial charge on any atom is -0.488 e. The standard InChI is InChI=1S/C19H19N5O2/c1-12-17(15-5-3-4-6-16(15)26-12)22-19(25)21-14-9-7-13(8-10-14)18-20-11-24(2)23-18/h3-12,17H,1-2H3,(H2,21,22,25). The highest BCUT2D eigenvalue weighted by atomic mass is 16.5. The Bertz CT molecular complexity index is 935. The van der Waals surface area contributed by atoms with Crippen molar-refractivity contribution in [1.29, 1.82) is 0 Å². The van der Waals surface area contributed by atoms with E-state index >= 15 is 0 Å². The number of fused-ring (bicyclic) bond motifs is 1. The van der Waals surface area contributed by atoms with Crippen molar-refractivity contribution in [2.45, 2.75) is 19.1 Å². The summed E-state index contributed by atoms with van der Waals surface area (Å²) in [7, 11) is 1.82. The molecule has 2 heterocycles. The molecule has 0 spiro atoms. The van der Waals surface area contributed by atoms with Crippen LogP contribution in [0, 0.1) is 0 Å². The average Bonchev–Trinajstić information content (AvgIpc) is 3.19. The summed E-state index contributed by atoms with van der Waals surface area (Å²) in [6.45, 7) is 1.94. The Morgan fingerprint density at radius 3 is 2.65 bits per heavy atom. The molecule has 0 radical (unpaired) electrons. The smallest absolute Gasteiger partial charge is 0.319 e. The van der Waals surface area contributed by atoms with Crippen LogP contribution in [0.3, 0.4) is 0 Å². The van der Waals surface area contributed by atoms with Crippen LogP contribution in [0.15, 0.2) is 54.9 Å². The molecule has 132 valence electrons. The van der Waals surface area contributed by atoms with Gasteiger partial charge in [0.15, 0.2) is 5.82 Å². The molecule has 4 rings (SSSR count). The molecule has 2 N–H and O–H groups in total. The molecule has 2 aromatic carbocycles. The third-order valence-electron chi connectivity index (χ3n) is 4.32. The van der Waals surface area contributed by atoms with E-state index in [0.717, 1.165) is 16.9 Å². The number of hydrogen-bond acceptors (Lipinski definition) is 4. The predicted octanol–water partition coefficient (Wildman–Crippen LogP) is 3.13. The molecule has 1 aliphatic rings. The Kier molecular flexibility index (Phi) is 4.04. The van der Waals surface area contributed by atoms with Gasteiger partial charge >= 0.3 is 6.03 Å². The number of urea groups is 1. The molecule has 1 aromatic heterocycles. The van der Waals surface area contributed by atoms with Crippen LogP contribution in [-0.4, -0.2) is 26.9 Å². The number of aromatic nitrogens is 3. The Morgan fingerprint density at radius 1 is 1.15 bits per heavy atom. The lowest BCUT2D eigenvalue weighted by Gasteiger charge is -2.17. The first-order valence-corrected chi connectivity index (χ1v) is 8.39. The molecule has 0 aliphatic carbocycles. The van der Waals surface area contributed by atoms with Crippen molar-refractivity contribution in [1.82, 2.24) is 20.1 Å². The highest BCUT2D eigenvalue weighted by molar-refractivity contribution is 5.90. The maximum atomic E-state index is 12.4. The Labute approximate surface area is 151 Å². The average molecular weight is 349 g/mol. The molecule has 2 atom stereocenters. The van der Waals surface area contributed by atoms with Gasteiger partial charge in [-0.2, -0.15) is 5.10 Å². The van der Waals surface area contributed by atoms with E-state index in [0.29, 0.717) is 11.5 Å². The van der Waals surface area contributed by atoms with Gasteiger partial charge in [0.05, 0.1) is 6.04 Å². The van der Waals surface area contributed by atoms with Crippen molar-refractivity contribution in [3.8, 4) is 17.1 Å². The van der Waals surface area contributed by atoms with Crippen LogP contribution < -0.4 is 15.4 Å². The zero-order chi connectivity index (χ0) is 18.1. The highest BCUT2D eigenvalue weighted by Crippen LogP contribution is 2.36. The maximum Gasteiger partial charge on any atom is 0.319 e. The Morgan fingerprint density at radius 2 is 1.92 bits per heavy atom. The van der Waals surface area contributed by atoms with Crippen LogP contribution in [-0.2, 0) is 7.05 Å². The van der Waals surface area contributed by atoms with E-state index in [1.165, 1.54) is 0 Å².